The molecular formula is C15H19F3N2O. The molecule has 2 heterocycles. The second kappa shape index (κ2) is 4.87. The third-order valence-electron chi connectivity index (χ3n) is 4.55. The molecule has 6 heteroatoms. The van der Waals surface area contributed by atoms with Gasteiger partial charge in [-0.05, 0) is 32.8 Å². The number of pyridine rings is 1. The Balaban J connectivity index is 1.69. The van der Waals surface area contributed by atoms with Gasteiger partial charge in [-0.15, -0.1) is 0 Å². The molecule has 0 bridgehead atoms. The fourth-order valence-corrected chi connectivity index (χ4v) is 2.94. The molecule has 0 aromatic carbocycles. The maximum absolute atomic E-state index is 12.5. The minimum atomic E-state index is -4.36. The largest absolute Gasteiger partial charge is 0.472 e. The Morgan fingerprint density at radius 3 is 2.52 bits per heavy atom. The van der Waals surface area contributed by atoms with Crippen LogP contribution in [0.5, 0.6) is 5.88 Å². The predicted molar refractivity (Wildman–Crippen MR) is 72.0 cm³/mol. The maximum Gasteiger partial charge on any atom is 0.417 e. The van der Waals surface area contributed by atoms with Crippen molar-refractivity contribution >= 4 is 0 Å². The number of ether oxygens (including phenoxy) is 1. The van der Waals surface area contributed by atoms with E-state index in [-0.39, 0.29) is 17.4 Å². The number of alkyl halides is 3. The van der Waals surface area contributed by atoms with Crippen molar-refractivity contribution in [2.45, 2.75) is 45.0 Å². The normalized spacial score (nSPS) is 24.8. The molecule has 1 aliphatic carbocycles. The zero-order chi connectivity index (χ0) is 15.3. The summed E-state index contributed by atoms with van der Waals surface area (Å²) in [6.45, 7) is 6.13. The van der Waals surface area contributed by atoms with Gasteiger partial charge in [0.2, 0.25) is 5.88 Å². The summed E-state index contributed by atoms with van der Waals surface area (Å²) in [6, 6.07) is 2.80. The van der Waals surface area contributed by atoms with Gasteiger partial charge in [0.1, 0.15) is 6.10 Å². The van der Waals surface area contributed by atoms with Crippen molar-refractivity contribution < 1.29 is 17.9 Å². The van der Waals surface area contributed by atoms with Gasteiger partial charge in [0.25, 0.3) is 0 Å². The Morgan fingerprint density at radius 2 is 2.05 bits per heavy atom. The molecule has 3 rings (SSSR count). The lowest BCUT2D eigenvalue weighted by Crippen LogP contribution is -2.31. The number of halogens is 3. The Hall–Kier alpha value is -1.30. The molecule has 1 saturated carbocycles. The minimum absolute atomic E-state index is 0.0316. The van der Waals surface area contributed by atoms with Gasteiger partial charge < -0.3 is 4.74 Å². The minimum Gasteiger partial charge on any atom is -0.472 e. The van der Waals surface area contributed by atoms with E-state index in [1.165, 1.54) is 6.07 Å². The van der Waals surface area contributed by atoms with Crippen LogP contribution in [0.15, 0.2) is 18.3 Å². The first kappa shape index (κ1) is 14.6. The average molecular weight is 300 g/mol. The van der Waals surface area contributed by atoms with Crippen LogP contribution in [-0.4, -0.2) is 35.1 Å². The van der Waals surface area contributed by atoms with E-state index in [1.54, 1.807) is 0 Å². The van der Waals surface area contributed by atoms with Crippen LogP contribution in [-0.2, 0) is 6.18 Å². The second-order valence-electron chi connectivity index (χ2n) is 6.37. The van der Waals surface area contributed by atoms with Crippen LogP contribution in [0.25, 0.3) is 0 Å². The predicted octanol–water partition coefficient (Wildman–Crippen LogP) is 3.35. The molecule has 1 spiro atoms. The number of likely N-dealkylation sites (tertiary alicyclic amines) is 1. The topological polar surface area (TPSA) is 25.4 Å². The summed E-state index contributed by atoms with van der Waals surface area (Å²) < 4.78 is 43.4. The van der Waals surface area contributed by atoms with E-state index in [4.69, 9.17) is 4.74 Å². The van der Waals surface area contributed by atoms with Crippen molar-refractivity contribution in [1.82, 2.24) is 9.88 Å². The Labute approximate surface area is 122 Å². The zero-order valence-electron chi connectivity index (χ0n) is 12.2. The Bertz CT molecular complexity index is 509. The second-order valence-corrected chi connectivity index (χ2v) is 6.37. The van der Waals surface area contributed by atoms with Crippen molar-refractivity contribution in [3.05, 3.63) is 23.9 Å². The number of hydrogen-bond acceptors (Lipinski definition) is 3. The maximum atomic E-state index is 12.5. The molecule has 2 fully saturated rings. The first-order chi connectivity index (χ1) is 9.80. The van der Waals surface area contributed by atoms with Crippen molar-refractivity contribution in [1.29, 1.82) is 0 Å². The lowest BCUT2D eigenvalue weighted by atomic mass is 10.0. The molecule has 1 aromatic rings. The Kier molecular flexibility index (Phi) is 3.39. The molecule has 0 radical (unpaired) electrons. The molecule has 0 N–H and O–H groups in total. The molecule has 2 aliphatic rings. The van der Waals surface area contributed by atoms with Gasteiger partial charge in [0.15, 0.2) is 0 Å². The highest BCUT2D eigenvalue weighted by molar-refractivity contribution is 5.21. The van der Waals surface area contributed by atoms with Crippen LogP contribution in [0.2, 0.25) is 0 Å². The van der Waals surface area contributed by atoms with E-state index in [1.807, 2.05) is 0 Å². The highest BCUT2D eigenvalue weighted by Gasteiger charge is 2.57. The number of rotatable bonds is 3. The molecular weight excluding hydrogens is 281 g/mol. The number of hydrogen-bond donors (Lipinski definition) is 0. The summed E-state index contributed by atoms with van der Waals surface area (Å²) in [4.78, 5) is 6.17. The highest BCUT2D eigenvalue weighted by atomic mass is 19.4. The van der Waals surface area contributed by atoms with Gasteiger partial charge in [-0.25, -0.2) is 4.98 Å². The van der Waals surface area contributed by atoms with Crippen LogP contribution in [0, 0.1) is 5.41 Å². The van der Waals surface area contributed by atoms with Crippen LogP contribution < -0.4 is 4.74 Å². The fourth-order valence-electron chi connectivity index (χ4n) is 2.94. The van der Waals surface area contributed by atoms with E-state index in [2.05, 4.69) is 23.7 Å². The molecule has 0 amide bonds. The first-order valence-electron chi connectivity index (χ1n) is 7.24. The first-order valence-corrected chi connectivity index (χ1v) is 7.24. The SMILES string of the molecule is CC(C)N1CC(Oc2ccc(C(F)(F)F)cn2)C2(CC2)C1. The third-order valence-corrected chi connectivity index (χ3v) is 4.55. The lowest BCUT2D eigenvalue weighted by molar-refractivity contribution is -0.137. The summed E-state index contributed by atoms with van der Waals surface area (Å²) in [7, 11) is 0. The highest BCUT2D eigenvalue weighted by Crippen LogP contribution is 2.54. The van der Waals surface area contributed by atoms with Crippen LogP contribution in [0.3, 0.4) is 0 Å². The molecule has 1 saturated heterocycles. The summed E-state index contributed by atoms with van der Waals surface area (Å²) in [5, 5.41) is 0. The van der Waals surface area contributed by atoms with Gasteiger partial charge in [0, 0.05) is 36.8 Å². The van der Waals surface area contributed by atoms with Crippen LogP contribution >= 0.6 is 0 Å². The summed E-state index contributed by atoms with van der Waals surface area (Å²) in [6.07, 6.45) is -1.23. The fraction of sp³-hybridized carbons (Fsp3) is 0.667. The Morgan fingerprint density at radius 1 is 1.33 bits per heavy atom. The number of aromatic nitrogens is 1. The lowest BCUT2D eigenvalue weighted by Gasteiger charge is -2.20. The monoisotopic (exact) mass is 300 g/mol. The van der Waals surface area contributed by atoms with E-state index in [0.29, 0.717) is 6.04 Å². The van der Waals surface area contributed by atoms with Gasteiger partial charge in [-0.1, -0.05) is 0 Å². The van der Waals surface area contributed by atoms with Crippen molar-refractivity contribution in [3.63, 3.8) is 0 Å². The molecule has 21 heavy (non-hydrogen) atoms. The van der Waals surface area contributed by atoms with Gasteiger partial charge in [-0.2, -0.15) is 13.2 Å². The van der Waals surface area contributed by atoms with Crippen molar-refractivity contribution in [3.8, 4) is 5.88 Å². The summed E-state index contributed by atoms with van der Waals surface area (Å²) in [5.74, 6) is 0.282. The average Bonchev–Trinajstić information content (AvgIpc) is 3.07. The van der Waals surface area contributed by atoms with Crippen molar-refractivity contribution in [2.24, 2.45) is 5.41 Å². The quantitative estimate of drug-likeness (QED) is 0.856. The standard InChI is InChI=1S/C15H19F3N2O/c1-10(2)20-8-12(14(9-20)5-6-14)21-13-4-3-11(7-19-13)15(16,17)18/h3-4,7,10,12H,5-6,8-9H2,1-2H3. The molecule has 3 nitrogen and oxygen atoms in total. The zero-order valence-corrected chi connectivity index (χ0v) is 12.2. The molecule has 116 valence electrons. The van der Waals surface area contributed by atoms with Gasteiger partial charge in [-0.3, -0.25) is 4.90 Å². The van der Waals surface area contributed by atoms with Gasteiger partial charge in [0.05, 0.1) is 5.56 Å². The van der Waals surface area contributed by atoms with E-state index < -0.39 is 11.7 Å². The summed E-state index contributed by atoms with van der Waals surface area (Å²) >= 11 is 0. The molecule has 1 atom stereocenters. The van der Waals surface area contributed by atoms with E-state index in [9.17, 15) is 13.2 Å². The molecule has 1 aliphatic heterocycles. The van der Waals surface area contributed by atoms with Crippen LogP contribution in [0.4, 0.5) is 13.2 Å². The van der Waals surface area contributed by atoms with Gasteiger partial charge >= 0.3 is 6.18 Å². The smallest absolute Gasteiger partial charge is 0.417 e. The van der Waals surface area contributed by atoms with E-state index >= 15 is 0 Å². The summed E-state index contributed by atoms with van der Waals surface area (Å²) in [5.41, 5.74) is -0.555. The number of nitrogens with zero attached hydrogens (tertiary/aromatic N) is 2. The molecule has 1 aromatic heterocycles. The van der Waals surface area contributed by atoms with Crippen LogP contribution in [0.1, 0.15) is 32.3 Å². The van der Waals surface area contributed by atoms with Crippen molar-refractivity contribution in [2.75, 3.05) is 13.1 Å². The third kappa shape index (κ3) is 2.86. The molecule has 1 unspecified atom stereocenters. The van der Waals surface area contributed by atoms with E-state index in [0.717, 1.165) is 38.2 Å².